The summed E-state index contributed by atoms with van der Waals surface area (Å²) in [5.41, 5.74) is 7.50. The third kappa shape index (κ3) is 3.31. The van der Waals surface area contributed by atoms with Crippen molar-refractivity contribution in [2.75, 3.05) is 5.73 Å². The normalized spacial score (nSPS) is 16.3. The number of nitrogens with two attached hydrogens (primary N) is 1. The summed E-state index contributed by atoms with van der Waals surface area (Å²) in [5.74, 6) is 2.89. The van der Waals surface area contributed by atoms with Gasteiger partial charge >= 0.3 is 0 Å². The first-order chi connectivity index (χ1) is 9.27. The monoisotopic (exact) mass is 263 g/mol. The molecule has 1 heterocycles. The van der Waals surface area contributed by atoms with E-state index in [4.69, 9.17) is 10.7 Å². The Morgan fingerprint density at radius 3 is 2.53 bits per heavy atom. The van der Waals surface area contributed by atoms with Crippen molar-refractivity contribution < 1.29 is 0 Å². The molecule has 0 unspecified atom stereocenters. The molecule has 2 N–H and O–H groups in total. The van der Waals surface area contributed by atoms with Crippen LogP contribution in [0.15, 0.2) is 0 Å². The van der Waals surface area contributed by atoms with Gasteiger partial charge in [0.05, 0.1) is 5.69 Å². The molecule has 1 saturated carbocycles. The first-order valence-electron chi connectivity index (χ1n) is 8.12. The fourth-order valence-electron chi connectivity index (χ4n) is 3.22. The van der Waals surface area contributed by atoms with Gasteiger partial charge in [-0.05, 0) is 32.1 Å². The van der Waals surface area contributed by atoms with Gasteiger partial charge in [-0.2, -0.15) is 0 Å². The molecule has 19 heavy (non-hydrogen) atoms. The Kier molecular flexibility index (Phi) is 5.29. The molecule has 0 radical (unpaired) electrons. The largest absolute Gasteiger partial charge is 0.384 e. The molecule has 0 atom stereocenters. The van der Waals surface area contributed by atoms with E-state index in [1.54, 1.807) is 0 Å². The molecule has 1 aliphatic carbocycles. The molecule has 1 aromatic rings. The number of hydrogen-bond acceptors (Lipinski definition) is 2. The van der Waals surface area contributed by atoms with Crippen LogP contribution in [0.2, 0.25) is 0 Å². The number of hydrogen-bond donors (Lipinski definition) is 1. The number of nitrogens with zero attached hydrogens (tertiary/aromatic N) is 2. The fraction of sp³-hybridized carbons (Fsp3) is 0.812. The van der Waals surface area contributed by atoms with Crippen molar-refractivity contribution in [1.82, 2.24) is 9.55 Å². The molecule has 108 valence electrons. The van der Waals surface area contributed by atoms with Crippen LogP contribution in [-0.2, 0) is 13.0 Å². The maximum Gasteiger partial charge on any atom is 0.126 e. The fourth-order valence-corrected chi connectivity index (χ4v) is 3.22. The number of nitrogen functional groups attached to an aromatic ring is 1. The molecule has 3 nitrogen and oxygen atoms in total. The van der Waals surface area contributed by atoms with Crippen molar-refractivity contribution in [3.8, 4) is 0 Å². The molecular weight excluding hydrogens is 234 g/mol. The molecule has 2 rings (SSSR count). The van der Waals surface area contributed by atoms with Gasteiger partial charge < -0.3 is 10.3 Å². The minimum Gasteiger partial charge on any atom is -0.384 e. The van der Waals surface area contributed by atoms with Crippen LogP contribution in [0.5, 0.6) is 0 Å². The smallest absolute Gasteiger partial charge is 0.126 e. The lowest BCUT2D eigenvalue weighted by molar-refractivity contribution is 0.578. The Bertz CT molecular complexity index is 389. The van der Waals surface area contributed by atoms with Crippen LogP contribution in [0.25, 0.3) is 0 Å². The second-order valence-corrected chi connectivity index (χ2v) is 5.89. The van der Waals surface area contributed by atoms with Crippen molar-refractivity contribution >= 4 is 5.82 Å². The molecule has 1 aliphatic rings. The van der Waals surface area contributed by atoms with Crippen LogP contribution in [0.4, 0.5) is 5.82 Å². The average molecular weight is 263 g/mol. The van der Waals surface area contributed by atoms with Gasteiger partial charge in [-0.1, -0.05) is 39.5 Å². The van der Waals surface area contributed by atoms with Gasteiger partial charge in [0.2, 0.25) is 0 Å². The molecule has 0 spiro atoms. The zero-order valence-electron chi connectivity index (χ0n) is 12.6. The molecule has 1 fully saturated rings. The quantitative estimate of drug-likeness (QED) is 0.747. The Hall–Kier alpha value is -0.990. The van der Waals surface area contributed by atoms with Crippen LogP contribution < -0.4 is 5.73 Å². The third-order valence-electron chi connectivity index (χ3n) is 4.30. The summed E-state index contributed by atoms with van der Waals surface area (Å²) < 4.78 is 2.30. The minimum atomic E-state index is 0.661. The van der Waals surface area contributed by atoms with Gasteiger partial charge in [-0.15, -0.1) is 0 Å². The van der Waals surface area contributed by atoms with Crippen LogP contribution in [0, 0.1) is 0 Å². The molecular formula is C16H29N3. The van der Waals surface area contributed by atoms with Crippen LogP contribution in [0.3, 0.4) is 0 Å². The molecule has 3 heteroatoms. The average Bonchev–Trinajstić information content (AvgIpc) is 3.02. The molecule has 0 aromatic carbocycles. The lowest BCUT2D eigenvalue weighted by atomic mass is 10.1. The number of imidazole rings is 1. The second-order valence-electron chi connectivity index (χ2n) is 5.89. The van der Waals surface area contributed by atoms with E-state index in [1.165, 1.54) is 50.8 Å². The number of aromatic nitrogens is 2. The Balaban J connectivity index is 2.17. The molecule has 0 amide bonds. The first-order valence-corrected chi connectivity index (χ1v) is 8.12. The zero-order valence-corrected chi connectivity index (χ0v) is 12.6. The van der Waals surface area contributed by atoms with Crippen molar-refractivity contribution in [3.63, 3.8) is 0 Å². The van der Waals surface area contributed by atoms with E-state index in [-0.39, 0.29) is 0 Å². The first kappa shape index (κ1) is 14.4. The van der Waals surface area contributed by atoms with E-state index in [0.717, 1.165) is 30.9 Å². The summed E-state index contributed by atoms with van der Waals surface area (Å²) in [4.78, 5) is 4.92. The summed E-state index contributed by atoms with van der Waals surface area (Å²) in [6, 6.07) is 0. The lowest BCUT2D eigenvalue weighted by Gasteiger charge is -2.12. The van der Waals surface area contributed by atoms with Gasteiger partial charge in [0.1, 0.15) is 11.6 Å². The number of aryl methyl sites for hydroxylation is 1. The highest BCUT2D eigenvalue weighted by Gasteiger charge is 2.24. The highest BCUT2D eigenvalue weighted by atomic mass is 15.1. The standard InChI is InChI=1S/C16H29N3/c1-3-5-6-11-14-15(17)19(12-4-2)16(18-14)13-9-7-8-10-13/h13H,3-12,17H2,1-2H3. The van der Waals surface area contributed by atoms with E-state index in [0.29, 0.717) is 5.92 Å². The second kappa shape index (κ2) is 6.97. The van der Waals surface area contributed by atoms with Crippen molar-refractivity contribution in [2.45, 2.75) is 84.1 Å². The van der Waals surface area contributed by atoms with E-state index in [1.807, 2.05) is 0 Å². The third-order valence-corrected chi connectivity index (χ3v) is 4.30. The highest BCUT2D eigenvalue weighted by molar-refractivity contribution is 5.39. The predicted octanol–water partition coefficient (Wildman–Crippen LogP) is 4.27. The molecule has 0 bridgehead atoms. The van der Waals surface area contributed by atoms with Gasteiger partial charge in [-0.3, -0.25) is 0 Å². The zero-order chi connectivity index (χ0) is 13.7. The molecule has 0 aliphatic heterocycles. The Morgan fingerprint density at radius 1 is 1.16 bits per heavy atom. The number of anilines is 1. The predicted molar refractivity (Wildman–Crippen MR) is 81.4 cm³/mol. The molecule has 0 saturated heterocycles. The van der Waals surface area contributed by atoms with E-state index in [2.05, 4.69) is 18.4 Å². The Morgan fingerprint density at radius 2 is 1.89 bits per heavy atom. The van der Waals surface area contributed by atoms with E-state index >= 15 is 0 Å². The SMILES string of the molecule is CCCCCc1nc(C2CCCC2)n(CCC)c1N. The maximum absolute atomic E-state index is 6.34. The van der Waals surface area contributed by atoms with Crippen LogP contribution in [0.1, 0.15) is 82.7 Å². The van der Waals surface area contributed by atoms with Crippen LogP contribution >= 0.6 is 0 Å². The van der Waals surface area contributed by atoms with Crippen molar-refractivity contribution in [3.05, 3.63) is 11.5 Å². The number of rotatable bonds is 7. The van der Waals surface area contributed by atoms with Gasteiger partial charge in [0.15, 0.2) is 0 Å². The Labute approximate surface area is 117 Å². The van der Waals surface area contributed by atoms with Gasteiger partial charge in [0, 0.05) is 12.5 Å². The van der Waals surface area contributed by atoms with Crippen molar-refractivity contribution in [1.29, 1.82) is 0 Å². The van der Waals surface area contributed by atoms with Crippen LogP contribution in [-0.4, -0.2) is 9.55 Å². The van der Waals surface area contributed by atoms with Gasteiger partial charge in [0.25, 0.3) is 0 Å². The number of unbranched alkanes of at least 4 members (excludes halogenated alkanes) is 2. The summed E-state index contributed by atoms with van der Waals surface area (Å²) in [6.07, 6.45) is 11.2. The summed E-state index contributed by atoms with van der Waals surface area (Å²) in [5, 5.41) is 0. The summed E-state index contributed by atoms with van der Waals surface area (Å²) >= 11 is 0. The highest BCUT2D eigenvalue weighted by Crippen LogP contribution is 2.35. The summed E-state index contributed by atoms with van der Waals surface area (Å²) in [7, 11) is 0. The molecule has 1 aromatic heterocycles. The topological polar surface area (TPSA) is 43.8 Å². The van der Waals surface area contributed by atoms with E-state index < -0.39 is 0 Å². The van der Waals surface area contributed by atoms with Gasteiger partial charge in [-0.25, -0.2) is 4.98 Å². The minimum absolute atomic E-state index is 0.661. The lowest BCUT2D eigenvalue weighted by Crippen LogP contribution is -2.09. The van der Waals surface area contributed by atoms with E-state index in [9.17, 15) is 0 Å². The summed E-state index contributed by atoms with van der Waals surface area (Å²) in [6.45, 7) is 5.48. The maximum atomic E-state index is 6.34. The van der Waals surface area contributed by atoms with Crippen molar-refractivity contribution in [2.24, 2.45) is 0 Å².